The van der Waals surface area contributed by atoms with Gasteiger partial charge >= 0.3 is 5.97 Å². The van der Waals surface area contributed by atoms with Gasteiger partial charge in [-0.25, -0.2) is 4.98 Å². The van der Waals surface area contributed by atoms with Crippen molar-refractivity contribution >= 4 is 28.7 Å². The third kappa shape index (κ3) is 8.30. The molecule has 31 heavy (non-hydrogen) atoms. The van der Waals surface area contributed by atoms with Crippen LogP contribution in [0.25, 0.3) is 0 Å². The van der Waals surface area contributed by atoms with Crippen molar-refractivity contribution in [2.24, 2.45) is 11.0 Å². The van der Waals surface area contributed by atoms with Gasteiger partial charge in [0, 0.05) is 18.5 Å². The molecule has 1 saturated heterocycles. The number of carbonyl (C=O) groups is 1. The molecule has 0 bridgehead atoms. The number of benzene rings is 1. The minimum absolute atomic E-state index is 0.175. The molecule has 0 aliphatic carbocycles. The van der Waals surface area contributed by atoms with Crippen LogP contribution >= 0.6 is 11.3 Å². The highest BCUT2D eigenvalue weighted by atomic mass is 32.1. The van der Waals surface area contributed by atoms with Gasteiger partial charge in [-0.2, -0.15) is 5.10 Å². The zero-order valence-electron chi connectivity index (χ0n) is 18.4. The van der Waals surface area contributed by atoms with Crippen LogP contribution in [0.2, 0.25) is 0 Å². The molecule has 3 rings (SSSR count). The van der Waals surface area contributed by atoms with E-state index in [4.69, 9.17) is 9.47 Å². The number of thiazole rings is 1. The third-order valence-corrected chi connectivity index (χ3v) is 5.86. The van der Waals surface area contributed by atoms with Crippen molar-refractivity contribution in [1.82, 2.24) is 9.88 Å². The Labute approximate surface area is 188 Å². The first-order valence-corrected chi connectivity index (χ1v) is 11.8. The highest BCUT2D eigenvalue weighted by molar-refractivity contribution is 7.13. The molecule has 0 radical (unpaired) electrons. The highest BCUT2D eigenvalue weighted by Crippen LogP contribution is 2.17. The molecule has 8 heteroatoms. The number of nitrogens with zero attached hydrogens (tertiary/aromatic N) is 3. The average Bonchev–Trinajstić information content (AvgIpc) is 3.19. The maximum atomic E-state index is 11.5. The van der Waals surface area contributed by atoms with Crippen LogP contribution in [0.1, 0.15) is 44.4 Å². The van der Waals surface area contributed by atoms with E-state index >= 15 is 0 Å². The summed E-state index contributed by atoms with van der Waals surface area (Å²) in [7, 11) is 0. The number of hydrogen-bond donors (Lipinski definition) is 1. The number of rotatable bonds is 11. The number of ether oxygens (including phenoxy) is 2. The fraction of sp³-hybridized carbons (Fsp3) is 0.522. The minimum Gasteiger partial charge on any atom is -0.494 e. The minimum atomic E-state index is -0.272. The Kier molecular flexibility index (Phi) is 9.30. The van der Waals surface area contributed by atoms with Gasteiger partial charge in [0.2, 0.25) is 5.13 Å². The number of esters is 1. The number of hydrazone groups is 1. The molecule has 1 unspecified atom stereocenters. The van der Waals surface area contributed by atoms with E-state index < -0.39 is 0 Å². The molecule has 0 amide bonds. The van der Waals surface area contributed by atoms with E-state index in [1.165, 1.54) is 37.3 Å². The molecule has 1 aromatic heterocycles. The number of anilines is 1. The SMILES string of the molecule is CCOC(=O)Cc1csc(NN=Cc2ccc(OCCCN3CCCC(C)C3)cc2)n1. The van der Waals surface area contributed by atoms with E-state index in [2.05, 4.69) is 27.3 Å². The van der Waals surface area contributed by atoms with Gasteiger partial charge in [-0.3, -0.25) is 10.2 Å². The lowest BCUT2D eigenvalue weighted by Crippen LogP contribution is -2.35. The molecule has 1 atom stereocenters. The number of carbonyl (C=O) groups excluding carboxylic acids is 1. The molecule has 1 aromatic carbocycles. The Morgan fingerprint density at radius 3 is 3.00 bits per heavy atom. The topological polar surface area (TPSA) is 76.1 Å². The van der Waals surface area contributed by atoms with Crippen molar-refractivity contribution in [2.75, 3.05) is 38.3 Å². The number of nitrogens with one attached hydrogen (secondary N) is 1. The number of piperidine rings is 1. The molecular formula is C23H32N4O3S. The second-order valence-corrected chi connectivity index (χ2v) is 8.67. The second kappa shape index (κ2) is 12.4. The molecule has 1 aliphatic rings. The van der Waals surface area contributed by atoms with Crippen molar-refractivity contribution in [3.05, 3.63) is 40.9 Å². The lowest BCUT2D eigenvalue weighted by molar-refractivity contribution is -0.142. The maximum absolute atomic E-state index is 11.5. The number of hydrogen-bond acceptors (Lipinski definition) is 8. The van der Waals surface area contributed by atoms with Gasteiger partial charge in [0.25, 0.3) is 0 Å². The van der Waals surface area contributed by atoms with Crippen molar-refractivity contribution in [1.29, 1.82) is 0 Å². The summed E-state index contributed by atoms with van der Waals surface area (Å²) < 4.78 is 10.8. The summed E-state index contributed by atoms with van der Waals surface area (Å²) in [6.07, 6.45) is 5.63. The summed E-state index contributed by atoms with van der Waals surface area (Å²) in [5.41, 5.74) is 4.54. The Balaban J connectivity index is 1.35. The van der Waals surface area contributed by atoms with Crippen molar-refractivity contribution in [3.8, 4) is 5.75 Å². The van der Waals surface area contributed by atoms with E-state index in [1.54, 1.807) is 13.1 Å². The van der Waals surface area contributed by atoms with Gasteiger partial charge in [-0.15, -0.1) is 11.3 Å². The zero-order chi connectivity index (χ0) is 21.9. The first-order chi connectivity index (χ1) is 15.1. The monoisotopic (exact) mass is 444 g/mol. The smallest absolute Gasteiger partial charge is 0.311 e. The van der Waals surface area contributed by atoms with Crippen LogP contribution in [0.4, 0.5) is 5.13 Å². The summed E-state index contributed by atoms with van der Waals surface area (Å²) in [6, 6.07) is 7.87. The summed E-state index contributed by atoms with van der Waals surface area (Å²) in [6.45, 7) is 8.78. The van der Waals surface area contributed by atoms with Gasteiger partial charge in [0.05, 0.1) is 31.5 Å². The average molecular weight is 445 g/mol. The molecule has 2 aromatic rings. The summed E-state index contributed by atoms with van der Waals surface area (Å²) in [4.78, 5) is 18.4. The second-order valence-electron chi connectivity index (χ2n) is 7.81. The molecule has 168 valence electrons. The standard InChI is InChI=1S/C23H32N4O3S/c1-3-29-22(28)14-20-17-31-23(25-20)26-24-15-19-7-9-21(10-8-19)30-13-5-12-27-11-4-6-18(2)16-27/h7-10,15,17-18H,3-6,11-14,16H2,1-2H3,(H,25,26). The molecule has 0 saturated carbocycles. The van der Waals surface area contributed by atoms with Crippen LogP contribution in [-0.4, -0.2) is 54.9 Å². The third-order valence-electron chi connectivity index (χ3n) is 5.06. The van der Waals surface area contributed by atoms with Crippen LogP contribution in [0.5, 0.6) is 5.75 Å². The molecule has 0 spiro atoms. The van der Waals surface area contributed by atoms with Gasteiger partial charge in [0.1, 0.15) is 5.75 Å². The van der Waals surface area contributed by atoms with Crippen LogP contribution in [0.15, 0.2) is 34.7 Å². The fourth-order valence-corrected chi connectivity index (χ4v) is 4.24. The van der Waals surface area contributed by atoms with E-state index in [-0.39, 0.29) is 12.4 Å². The van der Waals surface area contributed by atoms with Gasteiger partial charge < -0.3 is 14.4 Å². The molecule has 1 N–H and O–H groups in total. The van der Waals surface area contributed by atoms with Crippen molar-refractivity contribution in [2.45, 2.75) is 39.5 Å². The predicted octanol–water partition coefficient (Wildman–Crippen LogP) is 4.20. The van der Waals surface area contributed by atoms with E-state index in [0.717, 1.165) is 36.8 Å². The number of likely N-dealkylation sites (tertiary alicyclic amines) is 1. The zero-order valence-corrected chi connectivity index (χ0v) is 19.2. The summed E-state index contributed by atoms with van der Waals surface area (Å²) >= 11 is 1.40. The fourth-order valence-electron chi connectivity index (χ4n) is 3.58. The first kappa shape index (κ1) is 23.2. The molecule has 1 aliphatic heterocycles. The number of aromatic nitrogens is 1. The normalized spacial score (nSPS) is 17.0. The Morgan fingerprint density at radius 1 is 1.39 bits per heavy atom. The maximum Gasteiger partial charge on any atom is 0.311 e. The summed E-state index contributed by atoms with van der Waals surface area (Å²) in [5, 5.41) is 6.68. The van der Waals surface area contributed by atoms with Gasteiger partial charge in [0.15, 0.2) is 0 Å². The van der Waals surface area contributed by atoms with E-state index in [9.17, 15) is 4.79 Å². The molecule has 1 fully saturated rings. The van der Waals surface area contributed by atoms with E-state index in [0.29, 0.717) is 17.4 Å². The Hall–Kier alpha value is -2.45. The molecule has 2 heterocycles. The highest BCUT2D eigenvalue weighted by Gasteiger charge is 2.15. The molecular weight excluding hydrogens is 412 g/mol. The summed E-state index contributed by atoms with van der Waals surface area (Å²) in [5.74, 6) is 1.42. The van der Waals surface area contributed by atoms with Crippen LogP contribution in [0.3, 0.4) is 0 Å². The van der Waals surface area contributed by atoms with E-state index in [1.807, 2.05) is 29.6 Å². The van der Waals surface area contributed by atoms with Gasteiger partial charge in [-0.1, -0.05) is 6.92 Å². The largest absolute Gasteiger partial charge is 0.494 e. The van der Waals surface area contributed by atoms with Crippen LogP contribution in [0, 0.1) is 5.92 Å². The Bertz CT molecular complexity index is 838. The first-order valence-electron chi connectivity index (χ1n) is 11.0. The Morgan fingerprint density at radius 2 is 2.23 bits per heavy atom. The van der Waals surface area contributed by atoms with Crippen molar-refractivity contribution < 1.29 is 14.3 Å². The quantitative estimate of drug-likeness (QED) is 0.242. The van der Waals surface area contributed by atoms with Crippen LogP contribution < -0.4 is 10.2 Å². The lowest BCUT2D eigenvalue weighted by Gasteiger charge is -2.30. The van der Waals surface area contributed by atoms with Crippen LogP contribution in [-0.2, 0) is 16.0 Å². The predicted molar refractivity (Wildman–Crippen MR) is 125 cm³/mol. The lowest BCUT2D eigenvalue weighted by atomic mass is 10.0. The molecule has 7 nitrogen and oxygen atoms in total. The van der Waals surface area contributed by atoms with Gasteiger partial charge in [-0.05, 0) is 68.5 Å². The van der Waals surface area contributed by atoms with Crippen molar-refractivity contribution in [3.63, 3.8) is 0 Å².